The molecule has 0 fully saturated rings. The van der Waals surface area contributed by atoms with Gasteiger partial charge in [0.25, 0.3) is 0 Å². The lowest BCUT2D eigenvalue weighted by Crippen LogP contribution is -2.40. The highest BCUT2D eigenvalue weighted by molar-refractivity contribution is 6.30. The molecule has 0 aliphatic carbocycles. The summed E-state index contributed by atoms with van der Waals surface area (Å²) in [5.41, 5.74) is 17.2. The number of primary amides is 2. The van der Waals surface area contributed by atoms with Gasteiger partial charge >= 0.3 is 0 Å². The van der Waals surface area contributed by atoms with Crippen molar-refractivity contribution in [3.8, 4) is 0 Å². The Morgan fingerprint density at radius 1 is 1.17 bits per heavy atom. The number of rotatable bonds is 6. The standard InChI is InChI=1S/C11H15ClN4O2/c12-8-1-2-9(7(3-8)4-13)16(5-10(14)17)6-11(15)18/h1-3H,4-6,13H2,(H2,14,17)(H2,15,18). The summed E-state index contributed by atoms with van der Waals surface area (Å²) in [6.07, 6.45) is 0. The number of anilines is 1. The van der Waals surface area contributed by atoms with Crippen LogP contribution in [0, 0.1) is 0 Å². The molecule has 0 aliphatic rings. The molecule has 1 aromatic rings. The van der Waals surface area contributed by atoms with Gasteiger partial charge in [-0.25, -0.2) is 0 Å². The summed E-state index contributed by atoms with van der Waals surface area (Å²) in [5.74, 6) is -1.12. The number of nitrogens with two attached hydrogens (primary N) is 3. The minimum atomic E-state index is -0.561. The number of hydrogen-bond acceptors (Lipinski definition) is 4. The molecule has 2 amide bonds. The van der Waals surface area contributed by atoms with Crippen molar-refractivity contribution in [1.82, 2.24) is 0 Å². The van der Waals surface area contributed by atoms with E-state index in [0.29, 0.717) is 16.3 Å². The summed E-state index contributed by atoms with van der Waals surface area (Å²) in [4.78, 5) is 23.5. The van der Waals surface area contributed by atoms with Crippen molar-refractivity contribution in [3.63, 3.8) is 0 Å². The lowest BCUT2D eigenvalue weighted by molar-refractivity contribution is -0.117. The molecule has 0 radical (unpaired) electrons. The van der Waals surface area contributed by atoms with Gasteiger partial charge in [0.2, 0.25) is 11.8 Å². The first kappa shape index (κ1) is 14.3. The van der Waals surface area contributed by atoms with Gasteiger partial charge in [0.1, 0.15) is 0 Å². The fourth-order valence-electron chi connectivity index (χ4n) is 1.63. The van der Waals surface area contributed by atoms with Crippen molar-refractivity contribution in [3.05, 3.63) is 28.8 Å². The molecule has 7 heteroatoms. The molecule has 1 aromatic carbocycles. The van der Waals surface area contributed by atoms with Gasteiger partial charge in [-0.1, -0.05) is 11.6 Å². The van der Waals surface area contributed by atoms with E-state index in [1.807, 2.05) is 0 Å². The second-order valence-corrected chi connectivity index (χ2v) is 4.20. The van der Waals surface area contributed by atoms with E-state index in [4.69, 9.17) is 28.8 Å². The molecule has 0 heterocycles. The molecular weight excluding hydrogens is 256 g/mol. The Morgan fingerprint density at radius 3 is 2.17 bits per heavy atom. The zero-order chi connectivity index (χ0) is 13.7. The molecule has 6 nitrogen and oxygen atoms in total. The third-order valence-corrected chi connectivity index (χ3v) is 2.53. The Morgan fingerprint density at radius 2 is 1.72 bits per heavy atom. The molecule has 0 aromatic heterocycles. The van der Waals surface area contributed by atoms with Gasteiger partial charge in [-0.3, -0.25) is 9.59 Å². The third kappa shape index (κ3) is 3.90. The number of benzene rings is 1. The number of hydrogen-bond donors (Lipinski definition) is 3. The molecule has 0 bridgehead atoms. The predicted molar refractivity (Wildman–Crippen MR) is 69.9 cm³/mol. The molecule has 0 aliphatic heterocycles. The minimum absolute atomic E-state index is 0.114. The van der Waals surface area contributed by atoms with Crippen LogP contribution in [0.2, 0.25) is 5.02 Å². The van der Waals surface area contributed by atoms with Gasteiger partial charge in [0, 0.05) is 17.3 Å². The zero-order valence-electron chi connectivity index (χ0n) is 9.73. The maximum Gasteiger partial charge on any atom is 0.236 e. The normalized spacial score (nSPS) is 10.1. The van der Waals surface area contributed by atoms with Crippen LogP contribution in [0.15, 0.2) is 18.2 Å². The van der Waals surface area contributed by atoms with Crippen molar-refractivity contribution < 1.29 is 9.59 Å². The average Bonchev–Trinajstić information content (AvgIpc) is 2.26. The third-order valence-electron chi connectivity index (χ3n) is 2.30. The number of amides is 2. The molecule has 0 saturated carbocycles. The molecule has 98 valence electrons. The Hall–Kier alpha value is -1.79. The highest BCUT2D eigenvalue weighted by atomic mass is 35.5. The van der Waals surface area contributed by atoms with Crippen molar-refractivity contribution in [2.75, 3.05) is 18.0 Å². The van der Waals surface area contributed by atoms with Gasteiger partial charge in [-0.05, 0) is 23.8 Å². The monoisotopic (exact) mass is 270 g/mol. The topological polar surface area (TPSA) is 115 Å². The molecule has 18 heavy (non-hydrogen) atoms. The van der Waals surface area contributed by atoms with Crippen molar-refractivity contribution >= 4 is 29.1 Å². The summed E-state index contributed by atoms with van der Waals surface area (Å²) in [5, 5.41) is 0.525. The number of carbonyl (C=O) groups is 2. The van der Waals surface area contributed by atoms with Crippen LogP contribution in [0.3, 0.4) is 0 Å². The van der Waals surface area contributed by atoms with E-state index >= 15 is 0 Å². The fraction of sp³-hybridized carbons (Fsp3) is 0.273. The quantitative estimate of drug-likeness (QED) is 0.651. The number of carbonyl (C=O) groups excluding carboxylic acids is 2. The van der Waals surface area contributed by atoms with E-state index in [-0.39, 0.29) is 19.6 Å². The molecule has 0 atom stereocenters. The van der Waals surface area contributed by atoms with Crippen LogP contribution in [-0.2, 0) is 16.1 Å². The second kappa shape index (κ2) is 6.23. The maximum absolute atomic E-state index is 11.0. The highest BCUT2D eigenvalue weighted by Gasteiger charge is 2.15. The van der Waals surface area contributed by atoms with Gasteiger partial charge in [0.15, 0.2) is 0 Å². The largest absolute Gasteiger partial charge is 0.368 e. The first-order valence-electron chi connectivity index (χ1n) is 5.24. The maximum atomic E-state index is 11.0. The fourth-order valence-corrected chi connectivity index (χ4v) is 1.82. The van der Waals surface area contributed by atoms with E-state index in [1.165, 1.54) is 4.90 Å². The summed E-state index contributed by atoms with van der Waals surface area (Å²) in [7, 11) is 0. The van der Waals surface area contributed by atoms with E-state index in [9.17, 15) is 9.59 Å². The van der Waals surface area contributed by atoms with Crippen LogP contribution in [0.25, 0.3) is 0 Å². The van der Waals surface area contributed by atoms with Crippen LogP contribution in [-0.4, -0.2) is 24.9 Å². The van der Waals surface area contributed by atoms with Crippen LogP contribution in [0.5, 0.6) is 0 Å². The summed E-state index contributed by atoms with van der Waals surface area (Å²) >= 11 is 5.85. The highest BCUT2D eigenvalue weighted by Crippen LogP contribution is 2.23. The zero-order valence-corrected chi connectivity index (χ0v) is 10.5. The van der Waals surface area contributed by atoms with Crippen molar-refractivity contribution in [2.45, 2.75) is 6.54 Å². The Labute approximate surface area is 110 Å². The lowest BCUT2D eigenvalue weighted by atomic mass is 10.1. The second-order valence-electron chi connectivity index (χ2n) is 3.77. The van der Waals surface area contributed by atoms with E-state index in [2.05, 4.69) is 0 Å². The molecule has 0 spiro atoms. The molecule has 6 N–H and O–H groups in total. The first-order valence-corrected chi connectivity index (χ1v) is 5.62. The average molecular weight is 271 g/mol. The Bertz CT molecular complexity index is 448. The molecule has 0 unspecified atom stereocenters. The molecule has 0 saturated heterocycles. The van der Waals surface area contributed by atoms with Crippen molar-refractivity contribution in [2.24, 2.45) is 17.2 Å². The van der Waals surface area contributed by atoms with Crippen LogP contribution in [0.4, 0.5) is 5.69 Å². The molecular formula is C11H15ClN4O2. The van der Waals surface area contributed by atoms with Gasteiger partial charge < -0.3 is 22.1 Å². The van der Waals surface area contributed by atoms with Crippen molar-refractivity contribution in [1.29, 1.82) is 0 Å². The van der Waals surface area contributed by atoms with E-state index in [0.717, 1.165) is 0 Å². The number of halogens is 1. The van der Waals surface area contributed by atoms with Gasteiger partial charge in [-0.15, -0.1) is 0 Å². The first-order chi connectivity index (χ1) is 8.43. The summed E-state index contributed by atoms with van der Waals surface area (Å²) in [6, 6.07) is 4.99. The summed E-state index contributed by atoms with van der Waals surface area (Å²) < 4.78 is 0. The van der Waals surface area contributed by atoms with E-state index in [1.54, 1.807) is 18.2 Å². The SMILES string of the molecule is NCc1cc(Cl)ccc1N(CC(N)=O)CC(N)=O. The Balaban J connectivity index is 3.10. The number of nitrogens with zero attached hydrogens (tertiary/aromatic N) is 1. The Kier molecular flexibility index (Phi) is 4.94. The van der Waals surface area contributed by atoms with Gasteiger partial charge in [-0.2, -0.15) is 0 Å². The van der Waals surface area contributed by atoms with Crippen LogP contribution >= 0.6 is 11.6 Å². The molecule has 1 rings (SSSR count). The summed E-state index contributed by atoms with van der Waals surface area (Å²) in [6.45, 7) is -0.000931. The predicted octanol–water partition coefficient (Wildman–Crippen LogP) is -0.424. The lowest BCUT2D eigenvalue weighted by Gasteiger charge is -2.24. The van der Waals surface area contributed by atoms with Crippen LogP contribution in [0.1, 0.15) is 5.56 Å². The van der Waals surface area contributed by atoms with Gasteiger partial charge in [0.05, 0.1) is 13.1 Å². The van der Waals surface area contributed by atoms with E-state index < -0.39 is 11.8 Å². The smallest absolute Gasteiger partial charge is 0.236 e. The van der Waals surface area contributed by atoms with Crippen LogP contribution < -0.4 is 22.1 Å². The minimum Gasteiger partial charge on any atom is -0.368 e.